The van der Waals surface area contributed by atoms with Crippen LogP contribution in [0.25, 0.3) is 0 Å². The molecule has 134 valence electrons. The second-order valence-corrected chi connectivity index (χ2v) is 7.14. The Labute approximate surface area is 158 Å². The van der Waals surface area contributed by atoms with Gasteiger partial charge in [-0.1, -0.05) is 61.2 Å². The number of hydrogen-bond acceptors (Lipinski definition) is 3. The van der Waals surface area contributed by atoms with E-state index in [1.54, 1.807) is 24.3 Å². The summed E-state index contributed by atoms with van der Waals surface area (Å²) in [4.78, 5) is 13.1. The third-order valence-corrected chi connectivity index (χ3v) is 5.42. The van der Waals surface area contributed by atoms with Gasteiger partial charge in [-0.3, -0.25) is 4.79 Å². The zero-order valence-electron chi connectivity index (χ0n) is 14.4. The van der Waals surface area contributed by atoms with Crippen LogP contribution in [0.5, 0.6) is 0 Å². The van der Waals surface area contributed by atoms with Gasteiger partial charge in [-0.05, 0) is 36.6 Å². The molecule has 1 fully saturated rings. The number of rotatable bonds is 4. The van der Waals surface area contributed by atoms with Crippen LogP contribution in [-0.2, 0) is 10.4 Å². The first-order valence-corrected chi connectivity index (χ1v) is 9.22. The number of nitriles is 1. The van der Waals surface area contributed by atoms with Crippen LogP contribution in [0.4, 0.5) is 5.69 Å². The highest BCUT2D eigenvalue weighted by Crippen LogP contribution is 2.40. The Hall–Kier alpha value is -2.35. The SMILES string of the molecule is N#Cc1ccc(NC(=O)C(O)(c2ccccc2)C2CCCCC2)cc1Cl. The predicted molar refractivity (Wildman–Crippen MR) is 102 cm³/mol. The summed E-state index contributed by atoms with van der Waals surface area (Å²) in [5, 5.41) is 23.5. The Balaban J connectivity index is 1.92. The van der Waals surface area contributed by atoms with Crippen molar-refractivity contribution < 1.29 is 9.90 Å². The van der Waals surface area contributed by atoms with Crippen LogP contribution in [0.1, 0.15) is 43.2 Å². The number of carbonyl (C=O) groups is 1. The molecule has 0 heterocycles. The van der Waals surface area contributed by atoms with E-state index in [1.165, 1.54) is 6.07 Å². The third kappa shape index (κ3) is 3.60. The molecule has 26 heavy (non-hydrogen) atoms. The molecule has 0 aliphatic heterocycles. The Bertz CT molecular complexity index is 826. The summed E-state index contributed by atoms with van der Waals surface area (Å²) in [6.45, 7) is 0. The number of halogens is 1. The molecule has 5 heteroatoms. The summed E-state index contributed by atoms with van der Waals surface area (Å²) in [6.07, 6.45) is 4.78. The highest BCUT2D eigenvalue weighted by atomic mass is 35.5. The van der Waals surface area contributed by atoms with E-state index in [0.29, 0.717) is 16.8 Å². The minimum absolute atomic E-state index is 0.132. The quantitative estimate of drug-likeness (QED) is 0.827. The summed E-state index contributed by atoms with van der Waals surface area (Å²) < 4.78 is 0. The fourth-order valence-electron chi connectivity index (χ4n) is 3.67. The molecule has 1 amide bonds. The maximum Gasteiger partial charge on any atom is 0.261 e. The molecule has 0 saturated heterocycles. The topological polar surface area (TPSA) is 73.1 Å². The number of amides is 1. The van der Waals surface area contributed by atoms with E-state index < -0.39 is 11.5 Å². The van der Waals surface area contributed by atoms with Crippen molar-refractivity contribution >= 4 is 23.2 Å². The Morgan fingerprint density at radius 3 is 2.46 bits per heavy atom. The van der Waals surface area contributed by atoms with E-state index in [0.717, 1.165) is 32.1 Å². The first kappa shape index (κ1) is 18.4. The predicted octanol–water partition coefficient (Wildman–Crippen LogP) is 4.62. The molecule has 0 spiro atoms. The second kappa shape index (κ2) is 7.90. The van der Waals surface area contributed by atoms with Crippen LogP contribution in [-0.4, -0.2) is 11.0 Å². The van der Waals surface area contributed by atoms with Crippen molar-refractivity contribution in [3.05, 3.63) is 64.7 Å². The number of benzene rings is 2. The molecule has 3 rings (SSSR count). The summed E-state index contributed by atoms with van der Waals surface area (Å²) >= 11 is 6.06. The minimum Gasteiger partial charge on any atom is -0.375 e. The molecule has 0 radical (unpaired) electrons. The second-order valence-electron chi connectivity index (χ2n) is 6.73. The van der Waals surface area contributed by atoms with Gasteiger partial charge in [0, 0.05) is 11.6 Å². The smallest absolute Gasteiger partial charge is 0.261 e. The lowest BCUT2D eigenvalue weighted by molar-refractivity contribution is -0.143. The molecule has 1 atom stereocenters. The number of nitrogens with one attached hydrogen (secondary N) is 1. The minimum atomic E-state index is -1.60. The van der Waals surface area contributed by atoms with Gasteiger partial charge in [0.2, 0.25) is 0 Å². The van der Waals surface area contributed by atoms with E-state index in [4.69, 9.17) is 16.9 Å². The van der Waals surface area contributed by atoms with Gasteiger partial charge in [0.1, 0.15) is 6.07 Å². The van der Waals surface area contributed by atoms with Crippen LogP contribution in [0, 0.1) is 17.2 Å². The molecular weight excluding hydrogens is 348 g/mol. The van der Waals surface area contributed by atoms with E-state index in [-0.39, 0.29) is 10.9 Å². The van der Waals surface area contributed by atoms with Crippen molar-refractivity contribution in [1.82, 2.24) is 0 Å². The highest BCUT2D eigenvalue weighted by molar-refractivity contribution is 6.32. The van der Waals surface area contributed by atoms with E-state index in [2.05, 4.69) is 5.32 Å². The van der Waals surface area contributed by atoms with Gasteiger partial charge in [-0.25, -0.2) is 0 Å². The van der Waals surface area contributed by atoms with E-state index >= 15 is 0 Å². The van der Waals surface area contributed by atoms with Gasteiger partial charge in [0.05, 0.1) is 10.6 Å². The fourth-order valence-corrected chi connectivity index (χ4v) is 3.90. The van der Waals surface area contributed by atoms with Crippen LogP contribution in [0.2, 0.25) is 5.02 Å². The van der Waals surface area contributed by atoms with Crippen molar-refractivity contribution in [2.45, 2.75) is 37.7 Å². The van der Waals surface area contributed by atoms with Crippen LogP contribution >= 0.6 is 11.6 Å². The van der Waals surface area contributed by atoms with Gasteiger partial charge in [-0.2, -0.15) is 5.26 Å². The number of aliphatic hydroxyl groups is 1. The summed E-state index contributed by atoms with van der Waals surface area (Å²) in [7, 11) is 0. The highest BCUT2D eigenvalue weighted by Gasteiger charge is 2.45. The molecule has 2 aromatic rings. The maximum atomic E-state index is 13.1. The molecular formula is C21H21ClN2O2. The van der Waals surface area contributed by atoms with E-state index in [9.17, 15) is 9.90 Å². The lowest BCUT2D eigenvalue weighted by Crippen LogP contribution is -2.47. The fraction of sp³-hybridized carbons (Fsp3) is 0.333. The first-order valence-electron chi connectivity index (χ1n) is 8.84. The van der Waals surface area contributed by atoms with Crippen LogP contribution < -0.4 is 5.32 Å². The summed E-state index contributed by atoms with van der Waals surface area (Å²) in [6, 6.07) is 15.8. The molecule has 1 saturated carbocycles. The summed E-state index contributed by atoms with van der Waals surface area (Å²) in [5.74, 6) is -0.594. The molecule has 4 nitrogen and oxygen atoms in total. The monoisotopic (exact) mass is 368 g/mol. The Morgan fingerprint density at radius 2 is 1.85 bits per heavy atom. The number of carbonyl (C=O) groups excluding carboxylic acids is 1. The van der Waals surface area contributed by atoms with Gasteiger partial charge in [0.25, 0.3) is 5.91 Å². The van der Waals surface area contributed by atoms with Gasteiger partial charge in [-0.15, -0.1) is 0 Å². The zero-order chi connectivity index (χ0) is 18.6. The molecule has 1 aliphatic rings. The first-order chi connectivity index (χ1) is 12.6. The molecule has 1 aliphatic carbocycles. The lowest BCUT2D eigenvalue weighted by Gasteiger charge is -2.37. The van der Waals surface area contributed by atoms with Crippen molar-refractivity contribution in [3.63, 3.8) is 0 Å². The standard InChI is InChI=1S/C21H21ClN2O2/c22-19-13-18(12-11-15(19)14-23)24-20(25)21(26,16-7-3-1-4-8-16)17-9-5-2-6-10-17/h1,3-4,7-8,11-13,17,26H,2,5-6,9-10H2,(H,24,25). The van der Waals surface area contributed by atoms with Crippen molar-refractivity contribution in [3.8, 4) is 6.07 Å². The van der Waals surface area contributed by atoms with Gasteiger partial charge >= 0.3 is 0 Å². The van der Waals surface area contributed by atoms with Crippen molar-refractivity contribution in [1.29, 1.82) is 5.26 Å². The Morgan fingerprint density at radius 1 is 1.15 bits per heavy atom. The molecule has 0 aromatic heterocycles. The average molecular weight is 369 g/mol. The zero-order valence-corrected chi connectivity index (χ0v) is 15.2. The largest absolute Gasteiger partial charge is 0.375 e. The van der Waals surface area contributed by atoms with E-state index in [1.807, 2.05) is 24.3 Å². The number of nitrogens with zero attached hydrogens (tertiary/aromatic N) is 1. The van der Waals surface area contributed by atoms with Gasteiger partial charge in [0.15, 0.2) is 5.60 Å². The van der Waals surface area contributed by atoms with Crippen molar-refractivity contribution in [2.24, 2.45) is 5.92 Å². The maximum absolute atomic E-state index is 13.1. The van der Waals surface area contributed by atoms with Gasteiger partial charge < -0.3 is 10.4 Å². The molecule has 2 aromatic carbocycles. The van der Waals surface area contributed by atoms with Crippen LogP contribution in [0.15, 0.2) is 48.5 Å². The molecule has 2 N–H and O–H groups in total. The average Bonchev–Trinajstić information content (AvgIpc) is 2.69. The van der Waals surface area contributed by atoms with Crippen molar-refractivity contribution in [2.75, 3.05) is 5.32 Å². The molecule has 0 bridgehead atoms. The summed E-state index contributed by atoms with van der Waals surface area (Å²) in [5.41, 5.74) is -0.189. The Kier molecular flexibility index (Phi) is 5.61. The third-order valence-electron chi connectivity index (χ3n) is 5.10. The molecule has 1 unspecified atom stereocenters. The lowest BCUT2D eigenvalue weighted by atomic mass is 9.73. The number of hydrogen-bond donors (Lipinski definition) is 2. The normalized spacial score (nSPS) is 17.1. The van der Waals surface area contributed by atoms with Crippen LogP contribution in [0.3, 0.4) is 0 Å². The number of anilines is 1.